The molecule has 1 aromatic carbocycles. The number of hydrogen-bond acceptors (Lipinski definition) is 0. The van der Waals surface area contributed by atoms with Crippen LogP contribution in [0.4, 0.5) is 0 Å². The standard InChI is InChI=1S/C15H22/c1-6-8-15-13(11(2)3)9-7-10-14(15)12(4)5/h7,9-10,12H,2,6,8H2,1,3-5H3. The van der Waals surface area contributed by atoms with Crippen LogP contribution in [0.15, 0.2) is 24.8 Å². The minimum atomic E-state index is 0.603. The molecule has 0 saturated carbocycles. The Morgan fingerprint density at radius 2 is 2.00 bits per heavy atom. The topological polar surface area (TPSA) is 0 Å². The first-order valence-electron chi connectivity index (χ1n) is 5.85. The fourth-order valence-corrected chi connectivity index (χ4v) is 2.07. The minimum Gasteiger partial charge on any atom is -0.0955 e. The van der Waals surface area contributed by atoms with Gasteiger partial charge in [-0.3, -0.25) is 0 Å². The quantitative estimate of drug-likeness (QED) is 0.658. The Balaban J connectivity index is 3.28. The van der Waals surface area contributed by atoms with Gasteiger partial charge in [-0.05, 0) is 36.0 Å². The lowest BCUT2D eigenvalue weighted by atomic mass is 9.88. The summed E-state index contributed by atoms with van der Waals surface area (Å²) in [5, 5.41) is 0. The Morgan fingerprint density at radius 1 is 1.33 bits per heavy atom. The van der Waals surface area contributed by atoms with E-state index in [2.05, 4.69) is 52.5 Å². The lowest BCUT2D eigenvalue weighted by Crippen LogP contribution is -2.00. The molecule has 0 spiro atoms. The van der Waals surface area contributed by atoms with Crippen molar-refractivity contribution in [2.75, 3.05) is 0 Å². The third-order valence-corrected chi connectivity index (χ3v) is 2.79. The molecule has 0 bridgehead atoms. The molecule has 0 heterocycles. The number of allylic oxidation sites excluding steroid dienone is 1. The van der Waals surface area contributed by atoms with E-state index in [0.29, 0.717) is 5.92 Å². The molecule has 1 aromatic rings. The maximum atomic E-state index is 4.07. The van der Waals surface area contributed by atoms with Gasteiger partial charge in [0.1, 0.15) is 0 Å². The van der Waals surface area contributed by atoms with Crippen LogP contribution < -0.4 is 0 Å². The maximum Gasteiger partial charge on any atom is -0.0198 e. The van der Waals surface area contributed by atoms with Crippen molar-refractivity contribution in [3.63, 3.8) is 0 Å². The molecule has 0 aliphatic rings. The second-order valence-electron chi connectivity index (χ2n) is 4.56. The number of benzene rings is 1. The summed E-state index contributed by atoms with van der Waals surface area (Å²) in [7, 11) is 0. The minimum absolute atomic E-state index is 0.603. The van der Waals surface area contributed by atoms with Crippen LogP contribution in [0.25, 0.3) is 5.57 Å². The van der Waals surface area contributed by atoms with Crippen LogP contribution >= 0.6 is 0 Å². The number of rotatable bonds is 4. The lowest BCUT2D eigenvalue weighted by molar-refractivity contribution is 0.818. The normalized spacial score (nSPS) is 10.7. The highest BCUT2D eigenvalue weighted by Crippen LogP contribution is 2.27. The summed E-state index contributed by atoms with van der Waals surface area (Å²) in [4.78, 5) is 0. The van der Waals surface area contributed by atoms with Crippen LogP contribution in [-0.4, -0.2) is 0 Å². The SMILES string of the molecule is C=C(C)c1cccc(C(C)C)c1CCC. The molecule has 82 valence electrons. The average Bonchev–Trinajstić information content (AvgIpc) is 2.17. The molecule has 0 radical (unpaired) electrons. The Labute approximate surface area is 94.0 Å². The van der Waals surface area contributed by atoms with E-state index >= 15 is 0 Å². The van der Waals surface area contributed by atoms with Crippen molar-refractivity contribution in [3.05, 3.63) is 41.5 Å². The van der Waals surface area contributed by atoms with Crippen LogP contribution in [0.1, 0.15) is 56.7 Å². The van der Waals surface area contributed by atoms with Gasteiger partial charge >= 0.3 is 0 Å². The molecule has 0 atom stereocenters. The van der Waals surface area contributed by atoms with E-state index in [1.54, 1.807) is 0 Å². The van der Waals surface area contributed by atoms with Crippen molar-refractivity contribution >= 4 is 5.57 Å². The van der Waals surface area contributed by atoms with E-state index in [1.807, 2.05) is 0 Å². The molecule has 0 N–H and O–H groups in total. The van der Waals surface area contributed by atoms with E-state index in [4.69, 9.17) is 0 Å². The Kier molecular flexibility index (Phi) is 4.14. The van der Waals surface area contributed by atoms with Crippen LogP contribution in [0.2, 0.25) is 0 Å². The summed E-state index contributed by atoms with van der Waals surface area (Å²) in [5.41, 5.74) is 5.52. The van der Waals surface area contributed by atoms with E-state index in [0.717, 1.165) is 6.42 Å². The number of hydrogen-bond donors (Lipinski definition) is 0. The van der Waals surface area contributed by atoms with Gasteiger partial charge < -0.3 is 0 Å². The van der Waals surface area contributed by atoms with Gasteiger partial charge in [-0.1, -0.05) is 57.5 Å². The van der Waals surface area contributed by atoms with Crippen LogP contribution in [0.5, 0.6) is 0 Å². The molecule has 0 heteroatoms. The summed E-state index contributed by atoms with van der Waals surface area (Å²) in [5.74, 6) is 0.603. The van der Waals surface area contributed by atoms with Gasteiger partial charge in [0, 0.05) is 0 Å². The summed E-state index contributed by atoms with van der Waals surface area (Å²) < 4.78 is 0. The molecule has 0 saturated heterocycles. The first-order valence-corrected chi connectivity index (χ1v) is 5.85. The highest BCUT2D eigenvalue weighted by Gasteiger charge is 2.10. The first kappa shape index (κ1) is 12.0. The van der Waals surface area contributed by atoms with Gasteiger partial charge in [0.25, 0.3) is 0 Å². The van der Waals surface area contributed by atoms with Gasteiger partial charge in [-0.2, -0.15) is 0 Å². The molecular formula is C15H22. The predicted molar refractivity (Wildman–Crippen MR) is 69.2 cm³/mol. The summed E-state index contributed by atoms with van der Waals surface area (Å²) >= 11 is 0. The van der Waals surface area contributed by atoms with Crippen molar-refractivity contribution in [1.82, 2.24) is 0 Å². The Bertz CT molecular complexity index is 345. The highest BCUT2D eigenvalue weighted by atomic mass is 14.1. The van der Waals surface area contributed by atoms with Crippen molar-refractivity contribution in [1.29, 1.82) is 0 Å². The second-order valence-corrected chi connectivity index (χ2v) is 4.56. The molecule has 15 heavy (non-hydrogen) atoms. The third kappa shape index (κ3) is 2.71. The van der Waals surface area contributed by atoms with Crippen molar-refractivity contribution < 1.29 is 0 Å². The molecule has 0 nitrogen and oxygen atoms in total. The Hall–Kier alpha value is -1.04. The molecule has 0 aliphatic carbocycles. The predicted octanol–water partition coefficient (Wildman–Crippen LogP) is 4.80. The largest absolute Gasteiger partial charge is 0.0955 e. The van der Waals surface area contributed by atoms with E-state index in [9.17, 15) is 0 Å². The fraction of sp³-hybridized carbons (Fsp3) is 0.467. The van der Waals surface area contributed by atoms with Crippen LogP contribution in [0, 0.1) is 0 Å². The van der Waals surface area contributed by atoms with E-state index in [1.165, 1.54) is 28.7 Å². The van der Waals surface area contributed by atoms with Crippen LogP contribution in [0.3, 0.4) is 0 Å². The van der Waals surface area contributed by atoms with E-state index < -0.39 is 0 Å². The fourth-order valence-electron chi connectivity index (χ4n) is 2.07. The zero-order valence-corrected chi connectivity index (χ0v) is 10.4. The van der Waals surface area contributed by atoms with Gasteiger partial charge in [0.2, 0.25) is 0 Å². The summed E-state index contributed by atoms with van der Waals surface area (Å²) in [6.45, 7) is 12.9. The van der Waals surface area contributed by atoms with Crippen molar-refractivity contribution in [2.45, 2.75) is 46.5 Å². The van der Waals surface area contributed by atoms with Gasteiger partial charge in [-0.15, -0.1) is 0 Å². The summed E-state index contributed by atoms with van der Waals surface area (Å²) in [6, 6.07) is 6.60. The summed E-state index contributed by atoms with van der Waals surface area (Å²) in [6.07, 6.45) is 2.36. The molecule has 1 rings (SSSR count). The zero-order valence-electron chi connectivity index (χ0n) is 10.4. The van der Waals surface area contributed by atoms with Gasteiger partial charge in [-0.25, -0.2) is 0 Å². The molecule has 0 aromatic heterocycles. The van der Waals surface area contributed by atoms with Crippen LogP contribution in [-0.2, 0) is 6.42 Å². The Morgan fingerprint density at radius 3 is 2.47 bits per heavy atom. The molecule has 0 unspecified atom stereocenters. The van der Waals surface area contributed by atoms with Crippen molar-refractivity contribution in [2.24, 2.45) is 0 Å². The maximum absolute atomic E-state index is 4.07. The second kappa shape index (κ2) is 5.16. The monoisotopic (exact) mass is 202 g/mol. The average molecular weight is 202 g/mol. The van der Waals surface area contributed by atoms with Gasteiger partial charge in [0.15, 0.2) is 0 Å². The zero-order chi connectivity index (χ0) is 11.4. The first-order chi connectivity index (χ1) is 7.07. The molecule has 0 fully saturated rings. The molecule has 0 aliphatic heterocycles. The lowest BCUT2D eigenvalue weighted by Gasteiger charge is -2.16. The van der Waals surface area contributed by atoms with Crippen molar-refractivity contribution in [3.8, 4) is 0 Å². The van der Waals surface area contributed by atoms with Gasteiger partial charge in [0.05, 0.1) is 0 Å². The molecular weight excluding hydrogens is 180 g/mol. The third-order valence-electron chi connectivity index (χ3n) is 2.79. The smallest absolute Gasteiger partial charge is 0.0198 e. The highest BCUT2D eigenvalue weighted by molar-refractivity contribution is 5.66. The molecule has 0 amide bonds. The van der Waals surface area contributed by atoms with E-state index in [-0.39, 0.29) is 0 Å².